The van der Waals surface area contributed by atoms with Crippen LogP contribution in [-0.2, 0) is 32.4 Å². The average Bonchev–Trinajstić information content (AvgIpc) is 3.47. The van der Waals surface area contributed by atoms with E-state index in [1.165, 1.54) is 29.9 Å². The molecule has 2 aromatic heterocycles. The van der Waals surface area contributed by atoms with Crippen molar-refractivity contribution in [2.24, 2.45) is 5.92 Å². The molecule has 2 aliphatic rings. The Labute approximate surface area is 214 Å². The number of piperidine rings is 1. The number of nitrogens with one attached hydrogen (secondary N) is 2. The van der Waals surface area contributed by atoms with Gasteiger partial charge in [0.25, 0.3) is 0 Å². The summed E-state index contributed by atoms with van der Waals surface area (Å²) in [6.45, 7) is 1.15. The van der Waals surface area contributed by atoms with Gasteiger partial charge in [-0.05, 0) is 55.7 Å². The summed E-state index contributed by atoms with van der Waals surface area (Å²) < 4.78 is 35.9. The van der Waals surface area contributed by atoms with Gasteiger partial charge < -0.3 is 19.4 Å². The van der Waals surface area contributed by atoms with Gasteiger partial charge in [-0.1, -0.05) is 0 Å². The van der Waals surface area contributed by atoms with Gasteiger partial charge in [-0.15, -0.1) is 11.3 Å². The Morgan fingerprint density at radius 3 is 2.78 bits per heavy atom. The summed E-state index contributed by atoms with van der Waals surface area (Å²) in [5, 5.41) is 13.0. The number of amides is 2. The molecule has 2 aromatic rings. The van der Waals surface area contributed by atoms with E-state index in [0.717, 1.165) is 28.7 Å². The lowest BCUT2D eigenvalue weighted by Gasteiger charge is -2.32. The number of nitriles is 1. The maximum absolute atomic E-state index is 12.5. The summed E-state index contributed by atoms with van der Waals surface area (Å²) in [4.78, 5) is 27.5. The Balaban J connectivity index is 1.28. The van der Waals surface area contributed by atoms with Gasteiger partial charge in [0.1, 0.15) is 11.1 Å². The van der Waals surface area contributed by atoms with E-state index in [1.807, 2.05) is 0 Å². The van der Waals surface area contributed by atoms with Crippen LogP contribution in [0, 0.1) is 17.2 Å². The van der Waals surface area contributed by atoms with Crippen LogP contribution in [0.3, 0.4) is 0 Å². The Morgan fingerprint density at radius 2 is 2.11 bits per heavy atom. The molecular weight excluding hydrogens is 504 g/mol. The summed E-state index contributed by atoms with van der Waals surface area (Å²) in [5.41, 5.74) is 2.23. The average molecular weight is 533 g/mol. The number of carbonyl (C=O) groups excluding carboxylic acids is 2. The topological polar surface area (TPSA) is 142 Å². The van der Waals surface area contributed by atoms with Crippen molar-refractivity contribution in [1.82, 2.24) is 9.62 Å². The zero-order chi connectivity index (χ0) is 25.7. The quantitative estimate of drug-likeness (QED) is 0.522. The Hall–Kier alpha value is -3.14. The second-order valence-electron chi connectivity index (χ2n) is 9.04. The molecule has 1 unspecified atom stereocenters. The van der Waals surface area contributed by atoms with E-state index < -0.39 is 10.0 Å². The van der Waals surface area contributed by atoms with E-state index in [9.17, 15) is 23.3 Å². The molecule has 1 aliphatic heterocycles. The maximum Gasteiger partial charge on any atom is 0.409 e. The third kappa shape index (κ3) is 6.75. The van der Waals surface area contributed by atoms with Crippen molar-refractivity contribution in [2.75, 3.05) is 31.3 Å². The van der Waals surface area contributed by atoms with Crippen LogP contribution >= 0.6 is 11.3 Å². The molecule has 1 fully saturated rings. The molecule has 192 valence electrons. The number of anilines is 1. The zero-order valence-electron chi connectivity index (χ0n) is 19.9. The van der Waals surface area contributed by atoms with Gasteiger partial charge in [0, 0.05) is 35.6 Å². The maximum atomic E-state index is 12.5. The lowest BCUT2D eigenvalue weighted by molar-refractivity contribution is -0.111. The number of hydrogen-bond donors (Lipinski definition) is 2. The third-order valence-corrected chi connectivity index (χ3v) is 8.19. The first-order valence-corrected chi connectivity index (χ1v) is 14.4. The molecule has 2 amide bonds. The number of carbonyl (C=O) groups is 2. The Bertz CT molecular complexity index is 1270. The van der Waals surface area contributed by atoms with E-state index >= 15 is 0 Å². The molecule has 1 atom stereocenters. The Morgan fingerprint density at radius 1 is 1.33 bits per heavy atom. The van der Waals surface area contributed by atoms with Crippen molar-refractivity contribution < 1.29 is 27.2 Å². The number of nitrogens with zero attached hydrogens (tertiary/aromatic N) is 2. The standard InChI is InChI=1S/C24H28N4O6S2/c1-36(31,32)27-18-6-9-28(10-7-18)24(30)34-15-17-2-4-19-20(13-25)23(35-21(19)12-17)26-22(29)5-3-16-8-11-33-14-16/h3,5,8,11,14,17-18,27H,2,4,6-7,9-10,12,15H2,1H3,(H,26,29)/b5-3+. The molecule has 0 saturated carbocycles. The first-order chi connectivity index (χ1) is 17.2. The SMILES string of the molecule is CS(=O)(=O)NC1CCN(C(=O)OCC2CCc3c(sc(NC(=O)/C=C/c4ccoc4)c3C#N)C2)CC1. The second kappa shape index (κ2) is 11.3. The number of rotatable bonds is 7. The van der Waals surface area contributed by atoms with Crippen LogP contribution in [0.1, 0.15) is 40.8 Å². The predicted octanol–water partition coefficient (Wildman–Crippen LogP) is 3.12. The van der Waals surface area contributed by atoms with Gasteiger partial charge in [0.2, 0.25) is 15.9 Å². The normalized spacial score (nSPS) is 18.6. The number of sulfonamides is 1. The lowest BCUT2D eigenvalue weighted by Crippen LogP contribution is -2.46. The van der Waals surface area contributed by atoms with Crippen molar-refractivity contribution in [3.8, 4) is 6.07 Å². The molecule has 1 saturated heterocycles. The monoisotopic (exact) mass is 532 g/mol. The van der Waals surface area contributed by atoms with Crippen LogP contribution < -0.4 is 10.0 Å². The van der Waals surface area contributed by atoms with Crippen LogP contribution in [-0.4, -0.2) is 57.3 Å². The minimum absolute atomic E-state index is 0.126. The first-order valence-electron chi connectivity index (χ1n) is 11.7. The molecule has 4 rings (SSSR count). The molecule has 12 heteroatoms. The highest BCUT2D eigenvalue weighted by molar-refractivity contribution is 7.88. The Kier molecular flexibility index (Phi) is 8.13. The van der Waals surface area contributed by atoms with Gasteiger partial charge >= 0.3 is 6.09 Å². The summed E-state index contributed by atoms with van der Waals surface area (Å²) >= 11 is 1.40. The number of likely N-dealkylation sites (tertiary alicyclic amines) is 1. The van der Waals surface area contributed by atoms with E-state index in [2.05, 4.69) is 16.1 Å². The second-order valence-corrected chi connectivity index (χ2v) is 11.9. The van der Waals surface area contributed by atoms with Crippen molar-refractivity contribution in [3.05, 3.63) is 46.2 Å². The van der Waals surface area contributed by atoms with E-state index in [1.54, 1.807) is 17.0 Å². The fraction of sp³-hybridized carbons (Fsp3) is 0.458. The van der Waals surface area contributed by atoms with Gasteiger partial charge in [0.15, 0.2) is 0 Å². The summed E-state index contributed by atoms with van der Waals surface area (Å²) in [7, 11) is -3.27. The molecule has 0 spiro atoms. The first kappa shape index (κ1) is 25.9. The summed E-state index contributed by atoms with van der Waals surface area (Å²) in [5.74, 6) is -0.201. The number of thiophene rings is 1. The predicted molar refractivity (Wildman–Crippen MR) is 135 cm³/mol. The minimum Gasteiger partial charge on any atom is -0.472 e. The van der Waals surface area contributed by atoms with E-state index in [-0.39, 0.29) is 30.6 Å². The molecule has 3 heterocycles. The molecule has 36 heavy (non-hydrogen) atoms. The van der Waals surface area contributed by atoms with Gasteiger partial charge in [-0.2, -0.15) is 5.26 Å². The number of fused-ring (bicyclic) bond motifs is 1. The number of hydrogen-bond acceptors (Lipinski definition) is 8. The largest absolute Gasteiger partial charge is 0.472 e. The number of furan rings is 1. The van der Waals surface area contributed by atoms with Crippen molar-refractivity contribution in [3.63, 3.8) is 0 Å². The summed E-state index contributed by atoms with van der Waals surface area (Å²) in [6, 6.07) is 3.80. The number of ether oxygens (including phenoxy) is 1. The van der Waals surface area contributed by atoms with Crippen LogP contribution in [0.15, 0.2) is 29.1 Å². The molecule has 1 aliphatic carbocycles. The van der Waals surface area contributed by atoms with Crippen molar-refractivity contribution in [1.29, 1.82) is 5.26 Å². The molecule has 10 nitrogen and oxygen atoms in total. The molecular formula is C24H28N4O6S2. The highest BCUT2D eigenvalue weighted by Crippen LogP contribution is 2.39. The molecule has 0 bridgehead atoms. The highest BCUT2D eigenvalue weighted by Gasteiger charge is 2.29. The van der Waals surface area contributed by atoms with Crippen molar-refractivity contribution >= 4 is 44.4 Å². The minimum atomic E-state index is -3.27. The fourth-order valence-corrected chi connectivity index (χ4v) is 6.62. The highest BCUT2D eigenvalue weighted by atomic mass is 32.2. The van der Waals surface area contributed by atoms with Gasteiger partial charge in [-0.3, -0.25) is 4.79 Å². The molecule has 2 N–H and O–H groups in total. The lowest BCUT2D eigenvalue weighted by atomic mass is 9.88. The van der Waals surface area contributed by atoms with Crippen LogP contribution in [0.25, 0.3) is 6.08 Å². The fourth-order valence-electron chi connectivity index (χ4n) is 4.46. The van der Waals surface area contributed by atoms with Crippen LogP contribution in [0.2, 0.25) is 0 Å². The van der Waals surface area contributed by atoms with E-state index in [0.29, 0.717) is 49.3 Å². The third-order valence-electron chi connectivity index (χ3n) is 6.26. The van der Waals surface area contributed by atoms with Gasteiger partial charge in [-0.25, -0.2) is 17.9 Å². The van der Waals surface area contributed by atoms with E-state index in [4.69, 9.17) is 9.15 Å². The van der Waals surface area contributed by atoms with Crippen LogP contribution in [0.4, 0.5) is 9.80 Å². The van der Waals surface area contributed by atoms with Gasteiger partial charge in [0.05, 0.1) is 31.0 Å². The van der Waals surface area contributed by atoms with Crippen molar-refractivity contribution in [2.45, 2.75) is 38.1 Å². The molecule has 0 aromatic carbocycles. The summed E-state index contributed by atoms with van der Waals surface area (Å²) in [6.07, 6.45) is 10.0. The smallest absolute Gasteiger partial charge is 0.409 e. The zero-order valence-corrected chi connectivity index (χ0v) is 21.5. The molecule has 0 radical (unpaired) electrons. The van der Waals surface area contributed by atoms with Crippen LogP contribution in [0.5, 0.6) is 0 Å².